The second kappa shape index (κ2) is 5.08. The third-order valence-corrected chi connectivity index (χ3v) is 1.42. The molecule has 0 bridgehead atoms. The van der Waals surface area contributed by atoms with E-state index in [-0.39, 0.29) is 6.42 Å². The Balaban J connectivity index is 3.68. The van der Waals surface area contributed by atoms with Crippen LogP contribution >= 0.6 is 0 Å². The Morgan fingerprint density at radius 1 is 1.58 bits per heavy atom. The predicted molar refractivity (Wildman–Crippen MR) is 44.8 cm³/mol. The van der Waals surface area contributed by atoms with Gasteiger partial charge >= 0.3 is 5.97 Å². The van der Waals surface area contributed by atoms with Crippen LogP contribution in [0.2, 0.25) is 0 Å². The Morgan fingerprint density at radius 3 is 2.42 bits per heavy atom. The number of nitrogens with zero attached hydrogens (tertiary/aromatic N) is 1. The number of carboxylic acid groups (broad SMARTS) is 1. The summed E-state index contributed by atoms with van der Waals surface area (Å²) in [6.45, 7) is 0.432. The molecule has 0 aromatic heterocycles. The molecule has 72 valence electrons. The maximum atomic E-state index is 10.3. The minimum absolute atomic E-state index is 0.0908. The summed E-state index contributed by atoms with van der Waals surface area (Å²) in [5, 5.41) is 17.7. The largest absolute Gasteiger partial charge is 0.480 e. The van der Waals surface area contributed by atoms with Crippen molar-refractivity contribution in [1.82, 2.24) is 4.90 Å². The highest BCUT2D eigenvalue weighted by Gasteiger charge is 2.16. The topological polar surface area (TPSA) is 86.8 Å². The van der Waals surface area contributed by atoms with Gasteiger partial charge in [0, 0.05) is 13.0 Å². The van der Waals surface area contributed by atoms with Gasteiger partial charge in [0.1, 0.15) is 6.04 Å². The second-order valence-corrected chi connectivity index (χ2v) is 3.10. The first-order chi connectivity index (χ1) is 5.43. The lowest BCUT2D eigenvalue weighted by molar-refractivity contribution is -0.139. The van der Waals surface area contributed by atoms with Crippen LogP contribution in [0.15, 0.2) is 0 Å². The van der Waals surface area contributed by atoms with Gasteiger partial charge in [-0.25, -0.2) is 0 Å². The fourth-order valence-corrected chi connectivity index (χ4v) is 0.890. The zero-order chi connectivity index (χ0) is 9.72. The van der Waals surface area contributed by atoms with Crippen LogP contribution in [0.5, 0.6) is 0 Å². The van der Waals surface area contributed by atoms with E-state index in [2.05, 4.69) is 0 Å². The van der Waals surface area contributed by atoms with Crippen LogP contribution in [0.3, 0.4) is 0 Å². The van der Waals surface area contributed by atoms with E-state index in [0.29, 0.717) is 6.54 Å². The zero-order valence-corrected chi connectivity index (χ0v) is 7.40. The van der Waals surface area contributed by atoms with Gasteiger partial charge in [0.25, 0.3) is 0 Å². The number of aliphatic hydroxyl groups excluding tert-OH is 1. The molecule has 0 saturated heterocycles. The molecule has 2 atom stereocenters. The lowest BCUT2D eigenvalue weighted by atomic mass is 10.1. The first-order valence-electron chi connectivity index (χ1n) is 3.74. The number of aliphatic hydroxyl groups is 1. The molecular formula is C7H16N2O3. The number of aliphatic carboxylic acids is 1. The molecule has 0 aliphatic rings. The number of likely N-dealkylation sites (N-methyl/N-ethyl adjacent to an activating group) is 1. The molecule has 0 saturated carbocycles. The molecule has 0 fully saturated rings. The SMILES string of the molecule is CN(C)CC(O)CC(N)C(=O)O. The minimum atomic E-state index is -1.08. The van der Waals surface area contributed by atoms with Gasteiger partial charge in [-0.05, 0) is 14.1 Å². The maximum absolute atomic E-state index is 10.3. The molecule has 0 aromatic rings. The van der Waals surface area contributed by atoms with Gasteiger partial charge in [-0.15, -0.1) is 0 Å². The molecule has 0 heterocycles. The molecule has 5 nitrogen and oxygen atoms in total. The summed E-state index contributed by atoms with van der Waals surface area (Å²) in [4.78, 5) is 12.0. The van der Waals surface area contributed by atoms with Gasteiger partial charge < -0.3 is 20.8 Å². The summed E-state index contributed by atoms with van der Waals surface area (Å²) in [5.41, 5.74) is 5.22. The summed E-state index contributed by atoms with van der Waals surface area (Å²) in [7, 11) is 3.60. The van der Waals surface area contributed by atoms with Crippen LogP contribution in [-0.2, 0) is 4.79 Å². The molecule has 0 aliphatic carbocycles. The van der Waals surface area contributed by atoms with Gasteiger partial charge in [-0.2, -0.15) is 0 Å². The van der Waals surface area contributed by atoms with Crippen LogP contribution < -0.4 is 5.73 Å². The number of hydrogen-bond acceptors (Lipinski definition) is 4. The normalized spacial score (nSPS) is 16.1. The average molecular weight is 176 g/mol. The van der Waals surface area contributed by atoms with Gasteiger partial charge in [-0.1, -0.05) is 0 Å². The van der Waals surface area contributed by atoms with Crippen LogP contribution in [0.1, 0.15) is 6.42 Å². The average Bonchev–Trinajstić information content (AvgIpc) is 1.84. The Labute approximate surface area is 71.8 Å². The van der Waals surface area contributed by atoms with Crippen molar-refractivity contribution in [2.75, 3.05) is 20.6 Å². The first-order valence-corrected chi connectivity index (χ1v) is 3.74. The van der Waals surface area contributed by atoms with Crippen molar-refractivity contribution in [3.8, 4) is 0 Å². The number of hydrogen-bond donors (Lipinski definition) is 3. The quantitative estimate of drug-likeness (QED) is 0.485. The molecular weight excluding hydrogens is 160 g/mol. The van der Waals surface area contributed by atoms with E-state index in [1.54, 1.807) is 19.0 Å². The zero-order valence-electron chi connectivity index (χ0n) is 7.40. The standard InChI is InChI=1S/C7H16N2O3/c1-9(2)4-5(10)3-6(8)7(11)12/h5-6,10H,3-4,8H2,1-2H3,(H,11,12). The fourth-order valence-electron chi connectivity index (χ4n) is 0.890. The monoisotopic (exact) mass is 176 g/mol. The Bertz CT molecular complexity index is 150. The smallest absolute Gasteiger partial charge is 0.320 e. The summed E-state index contributed by atoms with van der Waals surface area (Å²) in [5.74, 6) is -1.08. The lowest BCUT2D eigenvalue weighted by Gasteiger charge is -2.17. The molecule has 0 amide bonds. The maximum Gasteiger partial charge on any atom is 0.320 e. The summed E-state index contributed by atoms with van der Waals surface area (Å²) in [6.07, 6.45) is -0.584. The van der Waals surface area contributed by atoms with Crippen molar-refractivity contribution in [2.45, 2.75) is 18.6 Å². The van der Waals surface area contributed by atoms with Gasteiger partial charge in [-0.3, -0.25) is 4.79 Å². The fraction of sp³-hybridized carbons (Fsp3) is 0.857. The highest BCUT2D eigenvalue weighted by atomic mass is 16.4. The molecule has 0 radical (unpaired) electrons. The van der Waals surface area contributed by atoms with E-state index in [4.69, 9.17) is 10.8 Å². The van der Waals surface area contributed by atoms with Crippen molar-refractivity contribution in [3.05, 3.63) is 0 Å². The number of rotatable bonds is 5. The number of carboxylic acids is 1. The van der Waals surface area contributed by atoms with Crippen molar-refractivity contribution in [1.29, 1.82) is 0 Å². The number of carbonyl (C=O) groups is 1. The predicted octanol–water partition coefficient (Wildman–Crippen LogP) is -1.29. The van der Waals surface area contributed by atoms with Gasteiger partial charge in [0.15, 0.2) is 0 Å². The molecule has 2 unspecified atom stereocenters. The van der Waals surface area contributed by atoms with Gasteiger partial charge in [0.05, 0.1) is 6.10 Å². The van der Waals surface area contributed by atoms with Crippen molar-refractivity contribution >= 4 is 5.97 Å². The summed E-state index contributed by atoms with van der Waals surface area (Å²) < 4.78 is 0. The highest BCUT2D eigenvalue weighted by molar-refractivity contribution is 5.73. The molecule has 4 N–H and O–H groups in total. The highest BCUT2D eigenvalue weighted by Crippen LogP contribution is 1.97. The van der Waals surface area contributed by atoms with Crippen molar-refractivity contribution < 1.29 is 15.0 Å². The third kappa shape index (κ3) is 5.06. The Kier molecular flexibility index (Phi) is 4.80. The van der Waals surface area contributed by atoms with Crippen LogP contribution in [0.25, 0.3) is 0 Å². The van der Waals surface area contributed by atoms with Crippen LogP contribution in [-0.4, -0.2) is 53.9 Å². The van der Waals surface area contributed by atoms with E-state index >= 15 is 0 Å². The van der Waals surface area contributed by atoms with E-state index in [9.17, 15) is 9.90 Å². The summed E-state index contributed by atoms with van der Waals surface area (Å²) in [6, 6.07) is -0.972. The first kappa shape index (κ1) is 11.4. The van der Waals surface area contributed by atoms with Crippen molar-refractivity contribution in [3.63, 3.8) is 0 Å². The molecule has 12 heavy (non-hydrogen) atoms. The minimum Gasteiger partial charge on any atom is -0.480 e. The van der Waals surface area contributed by atoms with Crippen LogP contribution in [0, 0.1) is 0 Å². The molecule has 0 aromatic carbocycles. The molecule has 0 spiro atoms. The van der Waals surface area contributed by atoms with E-state index in [0.717, 1.165) is 0 Å². The Hall–Kier alpha value is -0.650. The lowest BCUT2D eigenvalue weighted by Crippen LogP contribution is -2.37. The molecule has 5 heteroatoms. The van der Waals surface area contributed by atoms with E-state index < -0.39 is 18.1 Å². The third-order valence-electron chi connectivity index (χ3n) is 1.42. The summed E-state index contributed by atoms with van der Waals surface area (Å²) >= 11 is 0. The van der Waals surface area contributed by atoms with Gasteiger partial charge in [0.2, 0.25) is 0 Å². The van der Waals surface area contributed by atoms with E-state index in [1.165, 1.54) is 0 Å². The second-order valence-electron chi connectivity index (χ2n) is 3.10. The van der Waals surface area contributed by atoms with Crippen LogP contribution in [0.4, 0.5) is 0 Å². The van der Waals surface area contributed by atoms with Crippen molar-refractivity contribution in [2.24, 2.45) is 5.73 Å². The number of nitrogens with two attached hydrogens (primary N) is 1. The van der Waals surface area contributed by atoms with E-state index in [1.807, 2.05) is 0 Å². The molecule has 0 aliphatic heterocycles. The molecule has 0 rings (SSSR count). The Morgan fingerprint density at radius 2 is 2.08 bits per heavy atom.